The number of hydrogen-bond acceptors (Lipinski definition) is 6. The number of methoxy groups -OCH3 is 1. The van der Waals surface area contributed by atoms with Gasteiger partial charge in [-0.1, -0.05) is 18.2 Å². The summed E-state index contributed by atoms with van der Waals surface area (Å²) in [5, 5.41) is 11.5. The first-order valence-electron chi connectivity index (χ1n) is 7.80. The van der Waals surface area contributed by atoms with E-state index in [-0.39, 0.29) is 16.9 Å². The number of amides is 2. The molecule has 0 aromatic carbocycles. The molecular weight excluding hydrogens is 362 g/mol. The Bertz CT molecular complexity index is 717. The Morgan fingerprint density at radius 3 is 2.77 bits per heavy atom. The maximum atomic E-state index is 12.4. The van der Waals surface area contributed by atoms with E-state index in [4.69, 9.17) is 10.5 Å². The molecule has 1 saturated heterocycles. The standard InChI is InChI=1S/C16H19N3O5S.H2O/c1-24-9-7-25-15-11(14(21)19(15)12(9)16(22)23)18-13(20)10(17)8-5-3-2-4-6-8;/h2-3,6,10-11,15H,4-5,7,17H2,1H3,(H,18,20)(H,22,23);1H2/t10-,11-,15-;/m1./s1. The fraction of sp³-hybridized carbons (Fsp3) is 0.438. The average molecular weight is 383 g/mol. The van der Waals surface area contributed by atoms with Crippen LogP contribution in [0.25, 0.3) is 0 Å². The molecule has 3 rings (SSSR count). The van der Waals surface area contributed by atoms with Crippen molar-refractivity contribution in [2.75, 3.05) is 12.9 Å². The van der Waals surface area contributed by atoms with Crippen molar-refractivity contribution >= 4 is 29.5 Å². The second kappa shape index (κ2) is 7.94. The Kier molecular flexibility index (Phi) is 6.11. The molecule has 26 heavy (non-hydrogen) atoms. The van der Waals surface area contributed by atoms with Crippen molar-refractivity contribution < 1.29 is 29.7 Å². The lowest BCUT2D eigenvalue weighted by atomic mass is 9.97. The molecular formula is C16H21N3O6S. The summed E-state index contributed by atoms with van der Waals surface area (Å²) in [6.07, 6.45) is 7.20. The van der Waals surface area contributed by atoms with Gasteiger partial charge < -0.3 is 26.4 Å². The summed E-state index contributed by atoms with van der Waals surface area (Å²) in [5.41, 5.74) is 6.63. The zero-order valence-corrected chi connectivity index (χ0v) is 14.9. The number of carbonyl (C=O) groups excluding carboxylic acids is 2. The number of carboxylic acid groups (broad SMARTS) is 1. The van der Waals surface area contributed by atoms with Gasteiger partial charge in [-0.2, -0.15) is 0 Å². The number of hydrogen-bond donors (Lipinski definition) is 3. The predicted molar refractivity (Wildman–Crippen MR) is 94.7 cm³/mol. The molecule has 142 valence electrons. The Morgan fingerprint density at radius 2 is 2.19 bits per heavy atom. The normalized spacial score (nSPS) is 25.4. The van der Waals surface area contributed by atoms with Gasteiger partial charge in [-0.05, 0) is 18.4 Å². The Labute approximate surface area is 154 Å². The van der Waals surface area contributed by atoms with Crippen LogP contribution in [0.4, 0.5) is 0 Å². The smallest absolute Gasteiger partial charge is 0.356 e. The lowest BCUT2D eigenvalue weighted by Gasteiger charge is -2.49. The third-order valence-electron chi connectivity index (χ3n) is 4.40. The fourth-order valence-electron chi connectivity index (χ4n) is 3.03. The zero-order valence-electron chi connectivity index (χ0n) is 14.1. The number of β-lactam (4-membered cyclic amide) rings is 1. The van der Waals surface area contributed by atoms with E-state index in [1.807, 2.05) is 18.2 Å². The highest BCUT2D eigenvalue weighted by Gasteiger charge is 2.55. The quantitative estimate of drug-likeness (QED) is 0.411. The van der Waals surface area contributed by atoms with Gasteiger partial charge in [0.15, 0.2) is 5.70 Å². The summed E-state index contributed by atoms with van der Waals surface area (Å²) >= 11 is 1.35. The molecule has 0 aromatic rings. The lowest BCUT2D eigenvalue weighted by molar-refractivity contribution is -0.151. The van der Waals surface area contributed by atoms with Crippen molar-refractivity contribution in [1.29, 1.82) is 0 Å². The maximum Gasteiger partial charge on any atom is 0.356 e. The topological polar surface area (TPSA) is 153 Å². The number of allylic oxidation sites excluding steroid dienone is 3. The lowest BCUT2D eigenvalue weighted by Crippen LogP contribution is -2.71. The number of ether oxygens (including phenoxy) is 1. The largest absolute Gasteiger partial charge is 0.498 e. The van der Waals surface area contributed by atoms with E-state index in [1.54, 1.807) is 0 Å². The summed E-state index contributed by atoms with van der Waals surface area (Å²) in [5.74, 6) is -1.57. The van der Waals surface area contributed by atoms with Crippen LogP contribution in [0.5, 0.6) is 0 Å². The Balaban J connectivity index is 0.00000243. The number of carbonyl (C=O) groups is 3. The van der Waals surface area contributed by atoms with Gasteiger partial charge in [0.25, 0.3) is 5.91 Å². The average Bonchev–Trinajstić information content (AvgIpc) is 2.64. The maximum absolute atomic E-state index is 12.4. The van der Waals surface area contributed by atoms with Crippen molar-refractivity contribution in [3.63, 3.8) is 0 Å². The Morgan fingerprint density at radius 1 is 1.46 bits per heavy atom. The van der Waals surface area contributed by atoms with Gasteiger partial charge in [0.05, 0.1) is 12.9 Å². The van der Waals surface area contributed by atoms with Gasteiger partial charge in [0, 0.05) is 0 Å². The van der Waals surface area contributed by atoms with Crippen molar-refractivity contribution in [2.24, 2.45) is 5.73 Å². The minimum absolute atomic E-state index is 0. The molecule has 10 heteroatoms. The first kappa shape index (κ1) is 20.0. The highest BCUT2D eigenvalue weighted by atomic mass is 32.2. The second-order valence-corrected chi connectivity index (χ2v) is 6.95. The molecule has 0 saturated carbocycles. The molecule has 1 aliphatic carbocycles. The molecule has 9 nitrogen and oxygen atoms in total. The summed E-state index contributed by atoms with van der Waals surface area (Å²) in [7, 11) is 1.37. The van der Waals surface area contributed by atoms with Crippen molar-refractivity contribution in [3.05, 3.63) is 35.3 Å². The van der Waals surface area contributed by atoms with Crippen LogP contribution in [0, 0.1) is 0 Å². The van der Waals surface area contributed by atoms with E-state index in [9.17, 15) is 19.5 Å². The third-order valence-corrected chi connectivity index (χ3v) is 5.65. The minimum atomic E-state index is -1.23. The number of thioether (sulfide) groups is 1. The van der Waals surface area contributed by atoms with E-state index < -0.39 is 35.2 Å². The van der Waals surface area contributed by atoms with Crippen LogP contribution in [0.3, 0.4) is 0 Å². The molecule has 0 radical (unpaired) electrons. The highest BCUT2D eigenvalue weighted by Crippen LogP contribution is 2.40. The van der Waals surface area contributed by atoms with Crippen molar-refractivity contribution in [1.82, 2.24) is 10.2 Å². The van der Waals surface area contributed by atoms with E-state index in [0.29, 0.717) is 12.2 Å². The van der Waals surface area contributed by atoms with Gasteiger partial charge in [-0.15, -0.1) is 11.8 Å². The van der Waals surface area contributed by atoms with E-state index in [2.05, 4.69) is 5.32 Å². The summed E-state index contributed by atoms with van der Waals surface area (Å²) in [6.45, 7) is 0. The molecule has 6 N–H and O–H groups in total. The monoisotopic (exact) mass is 383 g/mol. The van der Waals surface area contributed by atoms with Crippen LogP contribution in [0.1, 0.15) is 12.8 Å². The number of rotatable bonds is 5. The minimum Gasteiger partial charge on any atom is -0.498 e. The second-order valence-electron chi connectivity index (χ2n) is 5.85. The van der Waals surface area contributed by atoms with E-state index in [0.717, 1.165) is 16.9 Å². The molecule has 3 atom stereocenters. The molecule has 1 fully saturated rings. The number of aliphatic carboxylic acids is 1. The summed E-state index contributed by atoms with van der Waals surface area (Å²) in [4.78, 5) is 37.4. The van der Waals surface area contributed by atoms with E-state index >= 15 is 0 Å². The van der Waals surface area contributed by atoms with Gasteiger partial charge in [-0.3, -0.25) is 14.5 Å². The van der Waals surface area contributed by atoms with E-state index in [1.165, 1.54) is 18.9 Å². The van der Waals surface area contributed by atoms with Gasteiger partial charge >= 0.3 is 5.97 Å². The molecule has 2 amide bonds. The third kappa shape index (κ3) is 3.35. The molecule has 0 bridgehead atoms. The van der Waals surface area contributed by atoms with Crippen LogP contribution >= 0.6 is 11.8 Å². The summed E-state index contributed by atoms with van der Waals surface area (Å²) < 4.78 is 5.06. The molecule has 0 unspecified atom stereocenters. The number of nitrogens with one attached hydrogen (secondary N) is 1. The van der Waals surface area contributed by atoms with Crippen molar-refractivity contribution in [3.8, 4) is 0 Å². The van der Waals surface area contributed by atoms with Gasteiger partial charge in [0.1, 0.15) is 23.2 Å². The fourth-order valence-corrected chi connectivity index (χ4v) is 4.34. The van der Waals surface area contributed by atoms with Crippen LogP contribution in [-0.2, 0) is 19.1 Å². The summed E-state index contributed by atoms with van der Waals surface area (Å²) in [6, 6.07) is -1.60. The SMILES string of the molecule is COC1=C(C(=O)O)N2C(=O)[C@@H](NC(=O)[C@H](N)C3=CCC=CC3)[C@H]2SC1.O. The molecule has 2 heterocycles. The van der Waals surface area contributed by atoms with Crippen LogP contribution in [0.2, 0.25) is 0 Å². The van der Waals surface area contributed by atoms with Gasteiger partial charge in [0.2, 0.25) is 5.91 Å². The molecule has 0 spiro atoms. The molecule has 3 aliphatic rings. The zero-order chi connectivity index (χ0) is 18.1. The first-order valence-corrected chi connectivity index (χ1v) is 8.85. The highest BCUT2D eigenvalue weighted by molar-refractivity contribution is 8.00. The van der Waals surface area contributed by atoms with Gasteiger partial charge in [-0.25, -0.2) is 4.79 Å². The number of carboxylic acids is 1. The van der Waals surface area contributed by atoms with Crippen LogP contribution in [0.15, 0.2) is 35.3 Å². The van der Waals surface area contributed by atoms with Crippen molar-refractivity contribution in [2.45, 2.75) is 30.3 Å². The molecule has 0 aromatic heterocycles. The predicted octanol–water partition coefficient (Wildman–Crippen LogP) is -0.892. The number of nitrogens with two attached hydrogens (primary N) is 1. The first-order chi connectivity index (χ1) is 12.0. The Hall–Kier alpha value is -2.30. The molecule has 2 aliphatic heterocycles. The van der Waals surface area contributed by atoms with Crippen LogP contribution < -0.4 is 11.1 Å². The number of nitrogens with zero attached hydrogens (tertiary/aromatic N) is 1. The van der Waals surface area contributed by atoms with Crippen LogP contribution in [-0.4, -0.2) is 63.6 Å². The number of fused-ring (bicyclic) bond motifs is 1.